The average molecular weight is 313 g/mol. The van der Waals surface area contributed by atoms with E-state index < -0.39 is 10.0 Å². The Labute approximate surface area is 103 Å². The first-order valence-electron chi connectivity index (χ1n) is 4.30. The zero-order chi connectivity index (χ0) is 11.6. The van der Waals surface area contributed by atoms with Gasteiger partial charge in [-0.3, -0.25) is 0 Å². The minimum absolute atomic E-state index is 0.135. The van der Waals surface area contributed by atoms with Crippen molar-refractivity contribution in [3.8, 4) is 0 Å². The lowest BCUT2D eigenvalue weighted by molar-refractivity contribution is 0.570. The number of sulfonamides is 1. The maximum absolute atomic E-state index is 11.7. The third kappa shape index (κ3) is 3.45. The minimum atomic E-state index is -3.44. The Balaban J connectivity index is 3.11. The Bertz CT molecular complexity index is 459. The summed E-state index contributed by atoms with van der Waals surface area (Å²) in [4.78, 5) is 0.201. The summed E-state index contributed by atoms with van der Waals surface area (Å²) in [6, 6.07) is 4.36. The fourth-order valence-corrected chi connectivity index (χ4v) is 2.95. The maximum Gasteiger partial charge on any atom is 0.240 e. The molecule has 0 aliphatic heterocycles. The van der Waals surface area contributed by atoms with Crippen LogP contribution in [0.3, 0.4) is 0 Å². The quantitative estimate of drug-likeness (QED) is 0.933. The van der Waals surface area contributed by atoms with E-state index in [-0.39, 0.29) is 10.9 Å². The Hall–Kier alpha value is -0.100. The summed E-state index contributed by atoms with van der Waals surface area (Å²) in [5, 5.41) is 0.485. The molecule has 0 spiro atoms. The first kappa shape index (κ1) is 13.0. The van der Waals surface area contributed by atoms with Gasteiger partial charge in [-0.25, -0.2) is 13.1 Å². The number of hydrogen-bond donors (Lipinski definition) is 1. The first-order valence-corrected chi connectivity index (χ1v) is 6.96. The van der Waals surface area contributed by atoms with Gasteiger partial charge in [-0.05, 0) is 48.0 Å². The van der Waals surface area contributed by atoms with Crippen LogP contribution in [0.1, 0.15) is 13.8 Å². The molecule has 0 saturated carbocycles. The van der Waals surface area contributed by atoms with Gasteiger partial charge in [-0.1, -0.05) is 11.6 Å². The summed E-state index contributed by atoms with van der Waals surface area (Å²) < 4.78 is 26.5. The molecule has 1 rings (SSSR count). The van der Waals surface area contributed by atoms with E-state index in [1.165, 1.54) is 12.1 Å². The van der Waals surface area contributed by atoms with Gasteiger partial charge in [0.1, 0.15) is 0 Å². The fourth-order valence-electron chi connectivity index (χ4n) is 1.02. The predicted molar refractivity (Wildman–Crippen MR) is 64.6 cm³/mol. The van der Waals surface area contributed by atoms with E-state index in [1.54, 1.807) is 19.9 Å². The number of hydrogen-bond acceptors (Lipinski definition) is 2. The summed E-state index contributed by atoms with van der Waals surface area (Å²) in [7, 11) is -3.44. The molecule has 0 radical (unpaired) electrons. The van der Waals surface area contributed by atoms with Crippen molar-refractivity contribution in [1.29, 1.82) is 0 Å². The summed E-state index contributed by atoms with van der Waals surface area (Å²) in [6.45, 7) is 3.53. The third-order valence-corrected chi connectivity index (χ3v) is 4.46. The van der Waals surface area contributed by atoms with Crippen molar-refractivity contribution >= 4 is 37.6 Å². The van der Waals surface area contributed by atoms with Gasteiger partial charge in [0.25, 0.3) is 0 Å². The third-order valence-electron chi connectivity index (χ3n) is 1.59. The van der Waals surface area contributed by atoms with E-state index >= 15 is 0 Å². The van der Waals surface area contributed by atoms with Gasteiger partial charge in [0, 0.05) is 10.5 Å². The van der Waals surface area contributed by atoms with Crippen molar-refractivity contribution in [2.24, 2.45) is 0 Å². The van der Waals surface area contributed by atoms with Crippen molar-refractivity contribution in [2.75, 3.05) is 0 Å². The average Bonchev–Trinajstić information content (AvgIpc) is 2.07. The molecule has 0 unspecified atom stereocenters. The summed E-state index contributed by atoms with van der Waals surface area (Å²) >= 11 is 8.95. The van der Waals surface area contributed by atoms with Crippen molar-refractivity contribution in [2.45, 2.75) is 24.8 Å². The van der Waals surface area contributed by atoms with Crippen LogP contribution >= 0.6 is 27.5 Å². The molecule has 1 aromatic rings. The summed E-state index contributed by atoms with van der Waals surface area (Å²) in [6.07, 6.45) is 0. The van der Waals surface area contributed by atoms with Crippen LogP contribution in [0.4, 0.5) is 0 Å². The predicted octanol–water partition coefficient (Wildman–Crippen LogP) is 2.79. The van der Waals surface area contributed by atoms with Gasteiger partial charge in [-0.15, -0.1) is 0 Å². The number of halogens is 2. The molecule has 0 amide bonds. The Kier molecular flexibility index (Phi) is 4.17. The monoisotopic (exact) mass is 311 g/mol. The molecule has 0 bridgehead atoms. The molecule has 0 aliphatic rings. The van der Waals surface area contributed by atoms with Crippen LogP contribution in [0.2, 0.25) is 5.02 Å². The molecular formula is C9H11BrClNO2S. The smallest absolute Gasteiger partial charge is 0.209 e. The highest BCUT2D eigenvalue weighted by molar-refractivity contribution is 9.10. The van der Waals surface area contributed by atoms with Crippen LogP contribution < -0.4 is 4.72 Å². The number of nitrogens with one attached hydrogen (secondary N) is 1. The van der Waals surface area contributed by atoms with Crippen LogP contribution in [0.5, 0.6) is 0 Å². The molecule has 1 aromatic carbocycles. The highest BCUT2D eigenvalue weighted by Gasteiger charge is 2.15. The molecule has 6 heteroatoms. The first-order chi connectivity index (χ1) is 6.83. The summed E-state index contributed by atoms with van der Waals surface area (Å²) in [5.74, 6) is 0. The largest absolute Gasteiger partial charge is 0.240 e. The molecule has 0 aliphatic carbocycles. The maximum atomic E-state index is 11.7. The van der Waals surface area contributed by atoms with Gasteiger partial charge in [0.15, 0.2) is 0 Å². The molecule has 15 heavy (non-hydrogen) atoms. The van der Waals surface area contributed by atoms with Crippen LogP contribution in [0.25, 0.3) is 0 Å². The second kappa shape index (κ2) is 4.82. The van der Waals surface area contributed by atoms with Gasteiger partial charge in [0.2, 0.25) is 10.0 Å². The zero-order valence-electron chi connectivity index (χ0n) is 8.29. The molecule has 0 heterocycles. The number of benzene rings is 1. The molecule has 84 valence electrons. The lowest BCUT2D eigenvalue weighted by Crippen LogP contribution is -2.30. The van der Waals surface area contributed by atoms with E-state index in [0.29, 0.717) is 9.50 Å². The second-order valence-electron chi connectivity index (χ2n) is 3.35. The number of rotatable bonds is 3. The van der Waals surface area contributed by atoms with Crippen LogP contribution in [0, 0.1) is 0 Å². The highest BCUT2D eigenvalue weighted by Crippen LogP contribution is 2.25. The van der Waals surface area contributed by atoms with Crippen molar-refractivity contribution < 1.29 is 8.42 Å². The highest BCUT2D eigenvalue weighted by atomic mass is 79.9. The van der Waals surface area contributed by atoms with Crippen molar-refractivity contribution in [3.05, 3.63) is 27.7 Å². The van der Waals surface area contributed by atoms with Crippen molar-refractivity contribution in [3.63, 3.8) is 0 Å². The lowest BCUT2D eigenvalue weighted by Gasteiger charge is -2.09. The van der Waals surface area contributed by atoms with Crippen LogP contribution in [0.15, 0.2) is 27.6 Å². The van der Waals surface area contributed by atoms with E-state index in [4.69, 9.17) is 11.6 Å². The fraction of sp³-hybridized carbons (Fsp3) is 0.333. The molecular weight excluding hydrogens is 302 g/mol. The molecule has 3 nitrogen and oxygen atoms in total. The molecule has 1 N–H and O–H groups in total. The second-order valence-corrected chi connectivity index (χ2v) is 6.33. The summed E-state index contributed by atoms with van der Waals surface area (Å²) in [5.41, 5.74) is 0. The van der Waals surface area contributed by atoms with Crippen LogP contribution in [-0.2, 0) is 10.0 Å². The lowest BCUT2D eigenvalue weighted by atomic mass is 10.4. The van der Waals surface area contributed by atoms with E-state index in [9.17, 15) is 8.42 Å². The Morgan fingerprint density at radius 3 is 2.47 bits per heavy atom. The van der Waals surface area contributed by atoms with E-state index in [0.717, 1.165) is 0 Å². The minimum Gasteiger partial charge on any atom is -0.209 e. The van der Waals surface area contributed by atoms with E-state index in [1.807, 2.05) is 0 Å². The van der Waals surface area contributed by atoms with Gasteiger partial charge < -0.3 is 0 Å². The standard InChI is InChI=1S/C9H11BrClNO2S/c1-6(2)12-15(13,14)7-3-4-9(11)8(10)5-7/h3-6,12H,1-2H3. The molecule has 0 aromatic heterocycles. The Morgan fingerprint density at radius 1 is 1.40 bits per heavy atom. The van der Waals surface area contributed by atoms with Crippen molar-refractivity contribution in [1.82, 2.24) is 4.72 Å². The normalized spacial score (nSPS) is 12.1. The molecule has 0 fully saturated rings. The molecule has 0 atom stereocenters. The topological polar surface area (TPSA) is 46.2 Å². The van der Waals surface area contributed by atoms with E-state index in [2.05, 4.69) is 20.7 Å². The van der Waals surface area contributed by atoms with Gasteiger partial charge >= 0.3 is 0 Å². The molecule has 0 saturated heterocycles. The van der Waals surface area contributed by atoms with Gasteiger partial charge in [-0.2, -0.15) is 0 Å². The SMILES string of the molecule is CC(C)NS(=O)(=O)c1ccc(Cl)c(Br)c1. The van der Waals surface area contributed by atoms with Gasteiger partial charge in [0.05, 0.1) is 9.92 Å². The van der Waals surface area contributed by atoms with Crippen LogP contribution in [-0.4, -0.2) is 14.5 Å². The Morgan fingerprint density at radius 2 is 2.00 bits per heavy atom. The zero-order valence-corrected chi connectivity index (χ0v) is 11.4.